The molecule has 230 valence electrons. The molecule has 10 nitrogen and oxygen atoms in total. The second-order valence-corrected chi connectivity index (χ2v) is 17.1. The van der Waals surface area contributed by atoms with Gasteiger partial charge in [-0.05, 0) is 68.2 Å². The SMILES string of the molecule is C[C@H]1[C@H]([Si](C)(C)O)[C@@H](CC(=O)N2Cc3ccccc3C[C@H]2CO)O[C@]12C(=O)Nc1ccc(NC(=O)C3CCCNC3)cc12. The molecule has 1 spiro atoms. The highest BCUT2D eigenvalue weighted by atomic mass is 28.4. The average molecular weight is 607 g/mol. The first-order valence-corrected chi connectivity index (χ1v) is 18.4. The van der Waals surface area contributed by atoms with Gasteiger partial charge in [-0.15, -0.1) is 0 Å². The number of aliphatic hydroxyl groups excluding tert-OH is 1. The molecule has 3 amide bonds. The van der Waals surface area contributed by atoms with E-state index in [0.717, 1.165) is 30.5 Å². The monoisotopic (exact) mass is 606 g/mol. The summed E-state index contributed by atoms with van der Waals surface area (Å²) in [5, 5.41) is 19.4. The fourth-order valence-corrected chi connectivity index (χ4v) is 10.4. The molecular formula is C32H42N4O6Si. The summed E-state index contributed by atoms with van der Waals surface area (Å²) < 4.78 is 6.71. The Kier molecular flexibility index (Phi) is 7.97. The van der Waals surface area contributed by atoms with Gasteiger partial charge in [0.1, 0.15) is 0 Å². The molecule has 0 radical (unpaired) electrons. The van der Waals surface area contributed by atoms with E-state index in [0.29, 0.717) is 36.4 Å². The molecular weight excluding hydrogens is 564 g/mol. The number of carbonyl (C=O) groups is 3. The van der Waals surface area contributed by atoms with Crippen LogP contribution >= 0.6 is 0 Å². The highest BCUT2D eigenvalue weighted by Crippen LogP contribution is 2.58. The van der Waals surface area contributed by atoms with Gasteiger partial charge in [-0.3, -0.25) is 14.4 Å². The number of amides is 3. The largest absolute Gasteiger partial charge is 0.432 e. The molecule has 1 unspecified atom stereocenters. The minimum absolute atomic E-state index is 0.0138. The van der Waals surface area contributed by atoms with Crippen molar-refractivity contribution < 1.29 is 29.0 Å². The molecule has 4 heterocycles. The van der Waals surface area contributed by atoms with E-state index in [1.807, 2.05) is 44.3 Å². The molecule has 2 aromatic carbocycles. The molecule has 2 fully saturated rings. The Balaban J connectivity index is 1.28. The van der Waals surface area contributed by atoms with Crippen LogP contribution in [-0.4, -0.2) is 72.7 Å². The normalized spacial score (nSPS) is 30.1. The van der Waals surface area contributed by atoms with Crippen molar-refractivity contribution in [3.8, 4) is 0 Å². The zero-order valence-electron chi connectivity index (χ0n) is 25.1. The number of nitrogens with zero attached hydrogens (tertiary/aromatic N) is 1. The zero-order chi connectivity index (χ0) is 30.5. The number of hydrogen-bond donors (Lipinski definition) is 5. The highest BCUT2D eigenvalue weighted by Gasteiger charge is 2.65. The fourth-order valence-electron chi connectivity index (χ4n) is 7.83. The van der Waals surface area contributed by atoms with Gasteiger partial charge in [0.05, 0.1) is 31.1 Å². The second kappa shape index (κ2) is 11.4. The van der Waals surface area contributed by atoms with Crippen molar-refractivity contribution in [1.82, 2.24) is 10.2 Å². The van der Waals surface area contributed by atoms with Gasteiger partial charge in [0, 0.05) is 41.5 Å². The third kappa shape index (κ3) is 5.31. The molecule has 4 aliphatic heterocycles. The van der Waals surface area contributed by atoms with Crippen molar-refractivity contribution in [3.63, 3.8) is 0 Å². The Bertz CT molecular complexity index is 1420. The Labute approximate surface area is 253 Å². The van der Waals surface area contributed by atoms with Gasteiger partial charge in [0.15, 0.2) is 13.9 Å². The number of nitrogens with one attached hydrogen (secondary N) is 3. The highest BCUT2D eigenvalue weighted by molar-refractivity contribution is 6.71. The summed E-state index contributed by atoms with van der Waals surface area (Å²) in [4.78, 5) is 53.9. The van der Waals surface area contributed by atoms with Crippen LogP contribution in [0.5, 0.6) is 0 Å². The van der Waals surface area contributed by atoms with Crippen molar-refractivity contribution in [2.24, 2.45) is 11.8 Å². The van der Waals surface area contributed by atoms with Gasteiger partial charge < -0.3 is 35.5 Å². The van der Waals surface area contributed by atoms with E-state index < -0.39 is 31.5 Å². The van der Waals surface area contributed by atoms with Crippen LogP contribution in [0.3, 0.4) is 0 Å². The van der Waals surface area contributed by atoms with Gasteiger partial charge in [-0.1, -0.05) is 31.2 Å². The fraction of sp³-hybridized carbons (Fsp3) is 0.531. The van der Waals surface area contributed by atoms with Crippen molar-refractivity contribution in [3.05, 3.63) is 59.2 Å². The van der Waals surface area contributed by atoms with Crippen LogP contribution < -0.4 is 16.0 Å². The number of fused-ring (bicyclic) bond motifs is 3. The van der Waals surface area contributed by atoms with E-state index in [2.05, 4.69) is 16.0 Å². The van der Waals surface area contributed by atoms with Crippen LogP contribution in [0.15, 0.2) is 42.5 Å². The summed E-state index contributed by atoms with van der Waals surface area (Å²) in [6.07, 6.45) is 1.62. The predicted octanol–water partition coefficient (Wildman–Crippen LogP) is 2.71. The van der Waals surface area contributed by atoms with Crippen LogP contribution in [0.4, 0.5) is 11.4 Å². The number of hydrogen-bond acceptors (Lipinski definition) is 7. The van der Waals surface area contributed by atoms with Gasteiger partial charge in [-0.2, -0.15) is 0 Å². The molecule has 2 saturated heterocycles. The summed E-state index contributed by atoms with van der Waals surface area (Å²) in [6.45, 7) is 7.34. The molecule has 6 rings (SSSR count). The molecule has 0 aromatic heterocycles. The second-order valence-electron chi connectivity index (χ2n) is 13.1. The number of piperidine rings is 1. The Morgan fingerprint density at radius 3 is 2.65 bits per heavy atom. The lowest BCUT2D eigenvalue weighted by molar-refractivity contribution is -0.149. The van der Waals surface area contributed by atoms with Crippen LogP contribution in [-0.2, 0) is 37.7 Å². The van der Waals surface area contributed by atoms with Crippen LogP contribution in [0.1, 0.15) is 42.9 Å². The lowest BCUT2D eigenvalue weighted by Gasteiger charge is -2.37. The zero-order valence-corrected chi connectivity index (χ0v) is 26.1. The molecule has 0 bridgehead atoms. The van der Waals surface area contributed by atoms with Gasteiger partial charge >= 0.3 is 0 Å². The van der Waals surface area contributed by atoms with Gasteiger partial charge in [-0.25, -0.2) is 0 Å². The molecule has 11 heteroatoms. The maximum absolute atomic E-state index is 13.9. The molecule has 2 aromatic rings. The number of benzene rings is 2. The van der Waals surface area contributed by atoms with Crippen molar-refractivity contribution in [2.75, 3.05) is 30.3 Å². The van der Waals surface area contributed by atoms with E-state index >= 15 is 0 Å². The quantitative estimate of drug-likeness (QED) is 0.319. The third-order valence-corrected chi connectivity index (χ3v) is 12.4. The maximum atomic E-state index is 13.9. The Hall–Kier alpha value is -3.09. The van der Waals surface area contributed by atoms with Crippen molar-refractivity contribution in [1.29, 1.82) is 0 Å². The molecule has 4 aliphatic rings. The van der Waals surface area contributed by atoms with Crippen LogP contribution in [0.2, 0.25) is 18.6 Å². The smallest absolute Gasteiger partial charge is 0.261 e. The minimum atomic E-state index is -2.96. The maximum Gasteiger partial charge on any atom is 0.261 e. The summed E-state index contributed by atoms with van der Waals surface area (Å²) in [7, 11) is -2.96. The minimum Gasteiger partial charge on any atom is -0.432 e. The summed E-state index contributed by atoms with van der Waals surface area (Å²) in [5.41, 5.74) is 2.15. The number of carbonyl (C=O) groups excluding carboxylic acids is 3. The number of ether oxygens (including phenoxy) is 1. The first kappa shape index (κ1) is 30.0. The Morgan fingerprint density at radius 1 is 1.19 bits per heavy atom. The number of anilines is 2. The first-order chi connectivity index (χ1) is 20.5. The topological polar surface area (TPSA) is 140 Å². The van der Waals surface area contributed by atoms with E-state index in [9.17, 15) is 24.3 Å². The van der Waals surface area contributed by atoms with E-state index in [4.69, 9.17) is 4.74 Å². The number of aliphatic hydroxyl groups is 1. The van der Waals surface area contributed by atoms with Crippen molar-refractivity contribution in [2.45, 2.75) is 75.5 Å². The third-order valence-electron chi connectivity index (χ3n) is 9.94. The summed E-state index contributed by atoms with van der Waals surface area (Å²) in [5.74, 6) is -1.11. The predicted molar refractivity (Wildman–Crippen MR) is 165 cm³/mol. The average Bonchev–Trinajstić information content (AvgIpc) is 3.44. The van der Waals surface area contributed by atoms with Gasteiger partial charge in [0.2, 0.25) is 11.8 Å². The van der Waals surface area contributed by atoms with E-state index in [-0.39, 0.29) is 42.7 Å². The summed E-state index contributed by atoms with van der Waals surface area (Å²) in [6, 6.07) is 12.9. The van der Waals surface area contributed by atoms with Crippen LogP contribution in [0.25, 0.3) is 0 Å². The molecule has 0 aliphatic carbocycles. The van der Waals surface area contributed by atoms with Crippen molar-refractivity contribution >= 4 is 37.4 Å². The molecule has 6 atom stereocenters. The van der Waals surface area contributed by atoms with E-state index in [1.54, 1.807) is 23.1 Å². The van der Waals surface area contributed by atoms with E-state index in [1.165, 1.54) is 0 Å². The number of rotatable bonds is 6. The standard InChI is InChI=1S/C32H42N4O6Si/c1-19-29(43(2,3)41)27(15-28(38)36-17-22-8-5-4-7-20(22)13-24(36)18-37)42-32(19)25-14-23(10-11-26(25)35-31(32)40)34-30(39)21-9-6-12-33-16-21/h4-5,7-8,10-11,14,19,21,24,27,29,33,37,41H,6,9,12-13,15-18H2,1-3H3,(H,34,39)(H,35,40)/t19-,21?,24-,27+,29-,32+/m0/s1. The first-order valence-electron chi connectivity index (χ1n) is 15.4. The summed E-state index contributed by atoms with van der Waals surface area (Å²) >= 11 is 0. The lowest BCUT2D eigenvalue weighted by atomic mass is 9.82. The Morgan fingerprint density at radius 2 is 1.95 bits per heavy atom. The molecule has 43 heavy (non-hydrogen) atoms. The molecule has 5 N–H and O–H groups in total. The lowest BCUT2D eigenvalue weighted by Crippen LogP contribution is -2.48. The van der Waals surface area contributed by atoms with Crippen LogP contribution in [0, 0.1) is 11.8 Å². The molecule has 0 saturated carbocycles. The van der Waals surface area contributed by atoms with Gasteiger partial charge in [0.25, 0.3) is 5.91 Å².